The maximum absolute atomic E-state index is 10.9. The maximum atomic E-state index is 10.9. The summed E-state index contributed by atoms with van der Waals surface area (Å²) >= 11 is 0. The molecule has 0 spiro atoms. The minimum atomic E-state index is -0.745. The van der Waals surface area contributed by atoms with Crippen molar-refractivity contribution in [1.82, 2.24) is 15.0 Å². The van der Waals surface area contributed by atoms with Crippen LogP contribution < -0.4 is 0 Å². The van der Waals surface area contributed by atoms with E-state index in [4.69, 9.17) is 9.63 Å². The number of likely N-dealkylation sites (tertiary alicyclic amines) is 1. The number of rotatable bonds is 4. The number of aliphatic carboxylic acids is 1. The molecule has 20 heavy (non-hydrogen) atoms. The van der Waals surface area contributed by atoms with Gasteiger partial charge in [-0.15, -0.1) is 0 Å². The topological polar surface area (TPSA) is 79.5 Å². The summed E-state index contributed by atoms with van der Waals surface area (Å²) in [5.74, 6) is 0.525. The van der Waals surface area contributed by atoms with Crippen LogP contribution in [0, 0.1) is 0 Å². The van der Waals surface area contributed by atoms with Crippen molar-refractivity contribution < 1.29 is 14.4 Å². The van der Waals surface area contributed by atoms with Crippen LogP contribution in [-0.4, -0.2) is 38.7 Å². The second-order valence-electron chi connectivity index (χ2n) is 6.48. The molecule has 1 unspecified atom stereocenters. The van der Waals surface area contributed by atoms with Crippen molar-refractivity contribution in [3.8, 4) is 0 Å². The lowest BCUT2D eigenvalue weighted by Crippen LogP contribution is -2.40. The van der Waals surface area contributed by atoms with Crippen LogP contribution in [0.5, 0.6) is 0 Å². The van der Waals surface area contributed by atoms with E-state index in [1.165, 1.54) is 0 Å². The first-order chi connectivity index (χ1) is 9.36. The van der Waals surface area contributed by atoms with E-state index in [0.29, 0.717) is 18.3 Å². The normalized spacial score (nSPS) is 21.1. The van der Waals surface area contributed by atoms with Crippen LogP contribution in [0.2, 0.25) is 0 Å². The molecule has 0 amide bonds. The summed E-state index contributed by atoms with van der Waals surface area (Å²) in [5, 5.41) is 13.0. The van der Waals surface area contributed by atoms with Gasteiger partial charge in [-0.2, -0.15) is 4.98 Å². The smallest absolute Gasteiger partial charge is 0.304 e. The summed E-state index contributed by atoms with van der Waals surface area (Å²) in [6.45, 7) is 7.55. The first kappa shape index (κ1) is 15.0. The van der Waals surface area contributed by atoms with Crippen molar-refractivity contribution in [3.63, 3.8) is 0 Å². The third-order valence-corrected chi connectivity index (χ3v) is 3.61. The van der Waals surface area contributed by atoms with Crippen molar-refractivity contribution in [2.45, 2.75) is 64.5 Å². The van der Waals surface area contributed by atoms with Crippen molar-refractivity contribution in [1.29, 1.82) is 0 Å². The minimum Gasteiger partial charge on any atom is -0.481 e. The van der Waals surface area contributed by atoms with Crippen molar-refractivity contribution in [2.24, 2.45) is 0 Å². The number of nitrogens with zero attached hydrogens (tertiary/aromatic N) is 3. The van der Waals surface area contributed by atoms with E-state index in [2.05, 4.69) is 15.0 Å². The monoisotopic (exact) mass is 281 g/mol. The molecule has 0 radical (unpaired) electrons. The molecule has 0 bridgehead atoms. The molecule has 1 aliphatic heterocycles. The first-order valence-electron chi connectivity index (χ1n) is 7.15. The molecule has 1 aromatic rings. The molecule has 0 saturated carbocycles. The fraction of sp³-hybridized carbons (Fsp3) is 0.786. The summed E-state index contributed by atoms with van der Waals surface area (Å²) in [7, 11) is 0. The number of carboxylic acids is 1. The molecule has 6 nitrogen and oxygen atoms in total. The van der Waals surface area contributed by atoms with E-state index < -0.39 is 5.97 Å². The van der Waals surface area contributed by atoms with Gasteiger partial charge in [-0.1, -0.05) is 32.3 Å². The Kier molecular flexibility index (Phi) is 4.42. The molecule has 1 saturated heterocycles. The van der Waals surface area contributed by atoms with Crippen LogP contribution in [0.3, 0.4) is 0 Å². The van der Waals surface area contributed by atoms with Crippen LogP contribution in [-0.2, 0) is 16.8 Å². The quantitative estimate of drug-likeness (QED) is 0.911. The zero-order valence-electron chi connectivity index (χ0n) is 12.4. The van der Waals surface area contributed by atoms with Crippen LogP contribution in [0.4, 0.5) is 0 Å². The molecule has 112 valence electrons. The highest BCUT2D eigenvalue weighted by Gasteiger charge is 2.27. The molecule has 2 rings (SSSR count). The average molecular weight is 281 g/mol. The Morgan fingerprint density at radius 2 is 2.20 bits per heavy atom. The van der Waals surface area contributed by atoms with E-state index in [1.807, 2.05) is 20.8 Å². The van der Waals surface area contributed by atoms with E-state index in [0.717, 1.165) is 25.8 Å². The summed E-state index contributed by atoms with van der Waals surface area (Å²) in [4.78, 5) is 17.5. The number of hydrogen-bond acceptors (Lipinski definition) is 5. The fourth-order valence-electron chi connectivity index (χ4n) is 2.51. The van der Waals surface area contributed by atoms with Gasteiger partial charge in [-0.3, -0.25) is 9.69 Å². The van der Waals surface area contributed by atoms with Gasteiger partial charge in [0.05, 0.1) is 13.0 Å². The van der Waals surface area contributed by atoms with Crippen LogP contribution in [0.1, 0.15) is 58.2 Å². The largest absolute Gasteiger partial charge is 0.481 e. The van der Waals surface area contributed by atoms with Crippen LogP contribution >= 0.6 is 0 Å². The Bertz CT molecular complexity index is 464. The Balaban J connectivity index is 2.03. The van der Waals surface area contributed by atoms with Gasteiger partial charge >= 0.3 is 5.97 Å². The Morgan fingerprint density at radius 1 is 1.45 bits per heavy atom. The van der Waals surface area contributed by atoms with Crippen molar-refractivity contribution in [2.75, 3.05) is 6.54 Å². The highest BCUT2D eigenvalue weighted by atomic mass is 16.5. The molecule has 0 aliphatic carbocycles. The molecule has 0 aromatic carbocycles. The van der Waals surface area contributed by atoms with Gasteiger partial charge in [0.2, 0.25) is 5.89 Å². The summed E-state index contributed by atoms with van der Waals surface area (Å²) in [5.41, 5.74) is -0.159. The number of carboxylic acid groups (broad SMARTS) is 1. The average Bonchev–Trinajstić information content (AvgIpc) is 2.79. The second kappa shape index (κ2) is 5.91. The predicted molar refractivity (Wildman–Crippen MR) is 73.3 cm³/mol. The lowest BCUT2D eigenvalue weighted by molar-refractivity contribution is -0.138. The highest BCUT2D eigenvalue weighted by Crippen LogP contribution is 2.23. The Labute approximate surface area is 119 Å². The molecule has 1 aliphatic rings. The molecule has 1 fully saturated rings. The molecule has 6 heteroatoms. The van der Waals surface area contributed by atoms with E-state index in [-0.39, 0.29) is 17.9 Å². The molecule has 2 heterocycles. The third-order valence-electron chi connectivity index (χ3n) is 3.61. The highest BCUT2D eigenvalue weighted by molar-refractivity contribution is 5.67. The summed E-state index contributed by atoms with van der Waals surface area (Å²) < 4.78 is 5.28. The van der Waals surface area contributed by atoms with E-state index in [9.17, 15) is 4.79 Å². The van der Waals surface area contributed by atoms with Gasteiger partial charge in [-0.05, 0) is 19.4 Å². The number of piperidine rings is 1. The lowest BCUT2D eigenvalue weighted by atomic mass is 9.97. The van der Waals surface area contributed by atoms with Gasteiger partial charge < -0.3 is 9.63 Å². The summed E-state index contributed by atoms with van der Waals surface area (Å²) in [6.07, 6.45) is 3.30. The molecule has 1 atom stereocenters. The van der Waals surface area contributed by atoms with Crippen molar-refractivity contribution in [3.05, 3.63) is 11.7 Å². The van der Waals surface area contributed by atoms with Crippen molar-refractivity contribution >= 4 is 5.97 Å². The molecule has 1 aromatic heterocycles. The first-order valence-corrected chi connectivity index (χ1v) is 7.15. The molecule has 1 N–H and O–H groups in total. The third kappa shape index (κ3) is 3.79. The minimum absolute atomic E-state index is 0.0813. The van der Waals surface area contributed by atoms with Crippen LogP contribution in [0.15, 0.2) is 4.52 Å². The predicted octanol–water partition coefficient (Wildman–Crippen LogP) is 2.20. The number of carbonyl (C=O) groups is 1. The Morgan fingerprint density at radius 3 is 2.80 bits per heavy atom. The standard InChI is InChI=1S/C14H23N3O3/c1-14(2,3)13-15-11(16-20-13)9-17-7-5-4-6-10(17)8-12(18)19/h10H,4-9H2,1-3H3,(H,18,19). The van der Waals surface area contributed by atoms with Gasteiger partial charge in [0.1, 0.15) is 0 Å². The van der Waals surface area contributed by atoms with E-state index in [1.54, 1.807) is 0 Å². The SMILES string of the molecule is CC(C)(C)c1nc(CN2CCCCC2CC(=O)O)no1. The Hall–Kier alpha value is -1.43. The zero-order valence-corrected chi connectivity index (χ0v) is 12.4. The second-order valence-corrected chi connectivity index (χ2v) is 6.48. The fourth-order valence-corrected chi connectivity index (χ4v) is 2.51. The summed E-state index contributed by atoms with van der Waals surface area (Å²) in [6, 6.07) is 0.0813. The number of aromatic nitrogens is 2. The molecular weight excluding hydrogens is 258 g/mol. The van der Waals surface area contributed by atoms with Crippen LogP contribution in [0.25, 0.3) is 0 Å². The maximum Gasteiger partial charge on any atom is 0.304 e. The van der Waals surface area contributed by atoms with Gasteiger partial charge in [0, 0.05) is 11.5 Å². The van der Waals surface area contributed by atoms with Gasteiger partial charge in [0.25, 0.3) is 0 Å². The lowest BCUT2D eigenvalue weighted by Gasteiger charge is -2.33. The van der Waals surface area contributed by atoms with E-state index >= 15 is 0 Å². The molecular formula is C14H23N3O3. The van der Waals surface area contributed by atoms with Gasteiger partial charge in [-0.25, -0.2) is 0 Å². The number of hydrogen-bond donors (Lipinski definition) is 1. The zero-order chi connectivity index (χ0) is 14.8. The van der Waals surface area contributed by atoms with Gasteiger partial charge in [0.15, 0.2) is 5.82 Å².